The molecule has 0 bridgehead atoms. The maximum absolute atomic E-state index is 11.8. The Balaban J connectivity index is 4.96. The van der Waals surface area contributed by atoms with Crippen molar-refractivity contribution in [1.82, 2.24) is 0 Å². The molecule has 0 aliphatic heterocycles. The highest BCUT2D eigenvalue weighted by Crippen LogP contribution is 2.42. The van der Waals surface area contributed by atoms with Gasteiger partial charge in [-0.15, -0.1) is 0 Å². The van der Waals surface area contributed by atoms with Crippen LogP contribution in [0.2, 0.25) is 0 Å². The Morgan fingerprint density at radius 2 is 1.43 bits per heavy atom. The lowest BCUT2D eigenvalue weighted by Gasteiger charge is -2.30. The predicted molar refractivity (Wildman–Crippen MR) is 29.1 cm³/mol. The summed E-state index contributed by atoms with van der Waals surface area (Å²) in [5, 5.41) is 8.28. The van der Waals surface area contributed by atoms with Gasteiger partial charge in [-0.1, -0.05) is 0 Å². The molecule has 0 rings (SSSR count). The molecule has 0 radical (unpaired) electrons. The Morgan fingerprint density at radius 3 is 1.64 bits per heavy atom. The summed E-state index contributed by atoms with van der Waals surface area (Å²) >= 11 is 0. The first-order valence-corrected chi connectivity index (χ1v) is 2.97. The van der Waals surface area contributed by atoms with Crippen LogP contribution in [0, 0.1) is 0 Å². The van der Waals surface area contributed by atoms with E-state index in [1.165, 1.54) is 0 Å². The van der Waals surface area contributed by atoms with Crippen LogP contribution in [-0.2, 0) is 9.53 Å². The predicted octanol–water partition coefficient (Wildman–Crippen LogP) is 1.02. The summed E-state index contributed by atoms with van der Waals surface area (Å²) in [5.74, 6) is 0. The fourth-order valence-electron chi connectivity index (χ4n) is 0.479. The van der Waals surface area contributed by atoms with Crippen LogP contribution in [-0.4, -0.2) is 36.1 Å². The minimum Gasteiger partial charge on any atom is -0.464 e. The second kappa shape index (κ2) is 3.64. The minimum atomic E-state index is -5.96. The largest absolute Gasteiger partial charge is 0.464 e. The molecule has 0 saturated carbocycles. The van der Waals surface area contributed by atoms with Crippen molar-refractivity contribution in [1.29, 1.82) is 0 Å². The number of hydrogen-bond donors (Lipinski definition) is 1. The van der Waals surface area contributed by atoms with E-state index in [2.05, 4.69) is 4.74 Å². The number of rotatable bonds is 3. The molecular weight excluding hydrogens is 222 g/mol. The van der Waals surface area contributed by atoms with Gasteiger partial charge in [0.2, 0.25) is 0 Å². The molecule has 0 aliphatic carbocycles. The molecule has 0 atom stereocenters. The van der Waals surface area contributed by atoms with Crippen LogP contribution >= 0.6 is 0 Å². The Morgan fingerprint density at radius 1 is 1.07 bits per heavy atom. The lowest BCUT2D eigenvalue weighted by atomic mass is 10.1. The Bertz CT molecular complexity index is 192. The van der Waals surface area contributed by atoms with Crippen molar-refractivity contribution in [3.8, 4) is 0 Å². The number of hydrogen-bond acceptors (Lipinski definition) is 3. The number of carbonyl (C=O) groups excluding carboxylic acids is 1. The van der Waals surface area contributed by atoms with Gasteiger partial charge in [0.1, 0.15) is 6.61 Å². The summed E-state index contributed by atoms with van der Waals surface area (Å²) in [7, 11) is 0. The van der Waals surface area contributed by atoms with Crippen molar-refractivity contribution in [2.24, 2.45) is 0 Å². The van der Waals surface area contributed by atoms with E-state index in [1.807, 2.05) is 0 Å². The molecule has 1 N–H and O–H groups in total. The maximum atomic E-state index is 11.8. The third-order valence-corrected chi connectivity index (χ3v) is 1.30. The molecule has 0 saturated heterocycles. The van der Waals surface area contributed by atoms with E-state index in [0.717, 1.165) is 0 Å². The average Bonchev–Trinajstić information content (AvgIpc) is 1.95. The maximum Gasteiger partial charge on any atom is 0.429 e. The molecule has 0 aromatic carbocycles. The van der Waals surface area contributed by atoms with Gasteiger partial charge in [-0.25, -0.2) is 0 Å². The van der Waals surface area contributed by atoms with Gasteiger partial charge >= 0.3 is 12.4 Å². The molecule has 14 heavy (non-hydrogen) atoms. The van der Waals surface area contributed by atoms with E-state index >= 15 is 0 Å². The molecule has 0 heterocycles. The molecule has 0 spiro atoms. The third-order valence-electron chi connectivity index (χ3n) is 1.30. The highest BCUT2D eigenvalue weighted by Gasteiger charge is 2.71. The van der Waals surface area contributed by atoms with Crippen LogP contribution in [0.1, 0.15) is 0 Å². The van der Waals surface area contributed by atoms with Crippen LogP contribution in [0.15, 0.2) is 0 Å². The van der Waals surface area contributed by atoms with E-state index in [4.69, 9.17) is 5.11 Å². The number of alkyl halides is 6. The molecule has 0 amide bonds. The van der Waals surface area contributed by atoms with Crippen LogP contribution in [0.25, 0.3) is 0 Å². The van der Waals surface area contributed by atoms with E-state index in [1.54, 1.807) is 0 Å². The molecule has 0 fully saturated rings. The van der Waals surface area contributed by atoms with Gasteiger partial charge in [-0.05, 0) is 0 Å². The molecule has 0 unspecified atom stereocenters. The van der Waals surface area contributed by atoms with E-state index < -0.39 is 31.0 Å². The summed E-state index contributed by atoms with van der Waals surface area (Å²) in [6, 6.07) is 0. The zero-order valence-electron chi connectivity index (χ0n) is 6.32. The summed E-state index contributed by atoms with van der Waals surface area (Å²) in [6.07, 6.45) is -11.9. The summed E-state index contributed by atoms with van der Waals surface area (Å²) in [5.41, 5.74) is -5.03. The SMILES string of the molecule is O=COCC(O)(C(F)(F)F)C(F)(F)F. The lowest BCUT2D eigenvalue weighted by molar-refractivity contribution is -0.375. The van der Waals surface area contributed by atoms with Crippen molar-refractivity contribution >= 4 is 6.47 Å². The van der Waals surface area contributed by atoms with Gasteiger partial charge in [0, 0.05) is 0 Å². The van der Waals surface area contributed by atoms with Gasteiger partial charge in [-0.3, -0.25) is 4.79 Å². The smallest absolute Gasteiger partial charge is 0.429 e. The quantitative estimate of drug-likeness (QED) is 0.577. The number of halogens is 6. The second-order valence-corrected chi connectivity index (χ2v) is 2.26. The second-order valence-electron chi connectivity index (χ2n) is 2.26. The zero-order valence-corrected chi connectivity index (χ0v) is 6.32. The lowest BCUT2D eigenvalue weighted by Crippen LogP contribution is -2.59. The van der Waals surface area contributed by atoms with Crippen molar-refractivity contribution in [2.45, 2.75) is 18.0 Å². The zero-order chi connectivity index (χ0) is 11.6. The van der Waals surface area contributed by atoms with Crippen LogP contribution in [0.4, 0.5) is 26.3 Å². The van der Waals surface area contributed by atoms with E-state index in [0.29, 0.717) is 0 Å². The van der Waals surface area contributed by atoms with Crippen molar-refractivity contribution in [3.05, 3.63) is 0 Å². The van der Waals surface area contributed by atoms with Crippen molar-refractivity contribution in [3.63, 3.8) is 0 Å². The fourth-order valence-corrected chi connectivity index (χ4v) is 0.479. The van der Waals surface area contributed by atoms with Gasteiger partial charge in [-0.2, -0.15) is 26.3 Å². The fraction of sp³-hybridized carbons (Fsp3) is 0.800. The highest BCUT2D eigenvalue weighted by atomic mass is 19.4. The van der Waals surface area contributed by atoms with Gasteiger partial charge in [0.25, 0.3) is 12.1 Å². The molecule has 0 aromatic heterocycles. The first kappa shape index (κ1) is 13.0. The molecule has 9 heteroatoms. The molecular formula is C5H4F6O3. The number of aliphatic hydroxyl groups is 1. The van der Waals surface area contributed by atoms with E-state index in [-0.39, 0.29) is 0 Å². The van der Waals surface area contributed by atoms with Crippen molar-refractivity contribution in [2.75, 3.05) is 6.61 Å². The highest BCUT2D eigenvalue weighted by molar-refractivity contribution is 5.37. The first-order chi connectivity index (χ1) is 6.06. The van der Waals surface area contributed by atoms with Crippen LogP contribution in [0.3, 0.4) is 0 Å². The topological polar surface area (TPSA) is 46.5 Å². The van der Waals surface area contributed by atoms with Gasteiger partial charge < -0.3 is 9.84 Å². The summed E-state index contributed by atoms with van der Waals surface area (Å²) in [6.45, 7) is -2.84. The van der Waals surface area contributed by atoms with E-state index in [9.17, 15) is 31.1 Å². The third kappa shape index (κ3) is 2.28. The molecule has 3 nitrogen and oxygen atoms in total. The van der Waals surface area contributed by atoms with Gasteiger partial charge in [0.05, 0.1) is 0 Å². The van der Waals surface area contributed by atoms with Gasteiger partial charge in [0.15, 0.2) is 0 Å². The van der Waals surface area contributed by atoms with Crippen molar-refractivity contribution < 1.29 is 41.0 Å². The van der Waals surface area contributed by atoms with Crippen LogP contribution in [0.5, 0.6) is 0 Å². The molecule has 0 aliphatic rings. The summed E-state index contributed by atoms with van der Waals surface area (Å²) in [4.78, 5) is 9.44. The average molecular weight is 226 g/mol. The Hall–Kier alpha value is -0.990. The first-order valence-electron chi connectivity index (χ1n) is 2.97. The number of carbonyl (C=O) groups is 1. The molecule has 84 valence electrons. The minimum absolute atomic E-state index is 0.623. The standard InChI is InChI=1S/C5H4F6O3/c6-4(7,8)3(13,1-14-2-12)5(9,10)11/h2,13H,1H2. The Kier molecular flexibility index (Phi) is 3.38. The monoisotopic (exact) mass is 226 g/mol. The number of ether oxygens (including phenoxy) is 1. The Labute approximate surface area is 73.3 Å². The summed E-state index contributed by atoms with van der Waals surface area (Å²) < 4.78 is 73.8. The molecule has 0 aromatic rings. The normalized spacial score (nSPS) is 13.9. The van der Waals surface area contributed by atoms with Crippen LogP contribution < -0.4 is 0 Å².